The number of nitrogen functional groups attached to an aromatic ring is 1. The summed E-state index contributed by atoms with van der Waals surface area (Å²) in [6.07, 6.45) is 0. The summed E-state index contributed by atoms with van der Waals surface area (Å²) in [4.78, 5) is 0. The molecular weight excluding hydrogens is 215 g/mol. The van der Waals surface area contributed by atoms with Gasteiger partial charge >= 0.3 is 0 Å². The molecule has 0 saturated carbocycles. The molecule has 0 atom stereocenters. The van der Waals surface area contributed by atoms with Crippen molar-refractivity contribution in [2.24, 2.45) is 0 Å². The molecular formula is C14H15FN2. The topological polar surface area (TPSA) is 38.0 Å². The molecule has 3 N–H and O–H groups in total. The first kappa shape index (κ1) is 11.5. The van der Waals surface area contributed by atoms with Crippen LogP contribution in [0.3, 0.4) is 0 Å². The van der Waals surface area contributed by atoms with E-state index in [2.05, 4.69) is 5.32 Å². The van der Waals surface area contributed by atoms with E-state index < -0.39 is 0 Å². The lowest BCUT2D eigenvalue weighted by Crippen LogP contribution is -1.97. The monoisotopic (exact) mass is 230 g/mol. The maximum atomic E-state index is 13.1. The van der Waals surface area contributed by atoms with Gasteiger partial charge in [0.15, 0.2) is 0 Å². The summed E-state index contributed by atoms with van der Waals surface area (Å²) < 4.78 is 13.1. The van der Waals surface area contributed by atoms with Crippen LogP contribution in [-0.4, -0.2) is 0 Å². The molecule has 0 aliphatic heterocycles. The number of nitrogens with two attached hydrogens (primary N) is 1. The lowest BCUT2D eigenvalue weighted by atomic mass is 10.1. The molecule has 0 radical (unpaired) electrons. The number of anilines is 3. The minimum absolute atomic E-state index is 0.195. The fraction of sp³-hybridized carbons (Fsp3) is 0.143. The summed E-state index contributed by atoms with van der Waals surface area (Å²) in [6, 6.07) is 10.6. The first-order valence-electron chi connectivity index (χ1n) is 5.46. The Morgan fingerprint density at radius 1 is 1.12 bits per heavy atom. The highest BCUT2D eigenvalue weighted by Crippen LogP contribution is 2.25. The molecule has 0 fully saturated rings. The summed E-state index contributed by atoms with van der Waals surface area (Å²) in [5, 5.41) is 3.23. The van der Waals surface area contributed by atoms with Crippen LogP contribution in [0.15, 0.2) is 36.4 Å². The number of halogens is 1. The highest BCUT2D eigenvalue weighted by Gasteiger charge is 2.03. The second-order valence-electron chi connectivity index (χ2n) is 4.11. The van der Waals surface area contributed by atoms with Gasteiger partial charge < -0.3 is 11.1 Å². The van der Waals surface area contributed by atoms with Gasteiger partial charge in [0.1, 0.15) is 5.82 Å². The smallest absolute Gasteiger partial charge is 0.126 e. The first-order valence-corrected chi connectivity index (χ1v) is 5.46. The Hall–Kier alpha value is -2.03. The molecule has 0 heterocycles. The molecule has 2 aromatic rings. The van der Waals surface area contributed by atoms with Gasteiger partial charge in [-0.25, -0.2) is 4.39 Å². The molecule has 2 nitrogen and oxygen atoms in total. The maximum Gasteiger partial charge on any atom is 0.126 e. The van der Waals surface area contributed by atoms with Crippen LogP contribution >= 0.6 is 0 Å². The van der Waals surface area contributed by atoms with Gasteiger partial charge in [0, 0.05) is 17.1 Å². The number of rotatable bonds is 2. The van der Waals surface area contributed by atoms with E-state index in [0.717, 1.165) is 22.6 Å². The predicted octanol–water partition coefficient (Wildman–Crippen LogP) is 3.77. The Morgan fingerprint density at radius 2 is 1.88 bits per heavy atom. The van der Waals surface area contributed by atoms with Crippen molar-refractivity contribution in [1.82, 2.24) is 0 Å². The molecule has 2 rings (SSSR count). The average Bonchev–Trinajstić information content (AvgIpc) is 2.30. The SMILES string of the molecule is Cc1cc(Nc2cccc(N)c2C)ccc1F. The molecule has 0 spiro atoms. The second-order valence-corrected chi connectivity index (χ2v) is 4.11. The molecule has 0 unspecified atom stereocenters. The average molecular weight is 230 g/mol. The van der Waals surface area contributed by atoms with Gasteiger partial charge in [0.25, 0.3) is 0 Å². The molecule has 0 aliphatic rings. The third kappa shape index (κ3) is 2.38. The number of hydrogen-bond donors (Lipinski definition) is 2. The third-order valence-electron chi connectivity index (χ3n) is 2.81. The van der Waals surface area contributed by atoms with Gasteiger partial charge in [0.05, 0.1) is 0 Å². The standard InChI is InChI=1S/C14H15FN2/c1-9-8-11(6-7-12(9)15)17-14-5-3-4-13(16)10(14)2/h3-8,17H,16H2,1-2H3. The summed E-state index contributed by atoms with van der Waals surface area (Å²) in [5.74, 6) is -0.195. The Morgan fingerprint density at radius 3 is 2.59 bits per heavy atom. The first-order chi connectivity index (χ1) is 8.08. The van der Waals surface area contributed by atoms with E-state index in [0.29, 0.717) is 5.56 Å². The number of aryl methyl sites for hydroxylation is 1. The molecule has 0 aliphatic carbocycles. The third-order valence-corrected chi connectivity index (χ3v) is 2.81. The summed E-state index contributed by atoms with van der Waals surface area (Å²) in [6.45, 7) is 3.70. The van der Waals surface area contributed by atoms with E-state index in [-0.39, 0.29) is 5.82 Å². The maximum absolute atomic E-state index is 13.1. The highest BCUT2D eigenvalue weighted by molar-refractivity contribution is 5.69. The lowest BCUT2D eigenvalue weighted by molar-refractivity contribution is 0.619. The van der Waals surface area contributed by atoms with Gasteiger partial charge in [-0.1, -0.05) is 6.07 Å². The lowest BCUT2D eigenvalue weighted by Gasteiger charge is -2.11. The van der Waals surface area contributed by atoms with Crippen molar-refractivity contribution in [3.05, 3.63) is 53.3 Å². The minimum atomic E-state index is -0.195. The van der Waals surface area contributed by atoms with Crippen LogP contribution in [0.5, 0.6) is 0 Å². The van der Waals surface area contributed by atoms with E-state index >= 15 is 0 Å². The van der Waals surface area contributed by atoms with E-state index in [1.807, 2.05) is 25.1 Å². The van der Waals surface area contributed by atoms with Gasteiger partial charge in [-0.3, -0.25) is 0 Å². The molecule has 0 saturated heterocycles. The molecule has 0 aromatic heterocycles. The van der Waals surface area contributed by atoms with Crippen molar-refractivity contribution in [2.45, 2.75) is 13.8 Å². The largest absolute Gasteiger partial charge is 0.398 e. The number of nitrogens with one attached hydrogen (secondary N) is 1. The predicted molar refractivity (Wildman–Crippen MR) is 70.0 cm³/mol. The fourth-order valence-electron chi connectivity index (χ4n) is 1.67. The van der Waals surface area contributed by atoms with Crippen molar-refractivity contribution in [3.63, 3.8) is 0 Å². The van der Waals surface area contributed by atoms with Crippen molar-refractivity contribution in [1.29, 1.82) is 0 Å². The molecule has 3 heteroatoms. The molecule has 0 amide bonds. The van der Waals surface area contributed by atoms with Gasteiger partial charge in [-0.2, -0.15) is 0 Å². The van der Waals surface area contributed by atoms with Crippen molar-refractivity contribution >= 4 is 17.1 Å². The minimum Gasteiger partial charge on any atom is -0.398 e. The summed E-state index contributed by atoms with van der Waals surface area (Å²) >= 11 is 0. The van der Waals surface area contributed by atoms with Gasteiger partial charge in [0.2, 0.25) is 0 Å². The molecule has 17 heavy (non-hydrogen) atoms. The fourth-order valence-corrected chi connectivity index (χ4v) is 1.67. The van der Waals surface area contributed by atoms with E-state index in [1.165, 1.54) is 6.07 Å². The molecule has 0 bridgehead atoms. The number of benzene rings is 2. The van der Waals surface area contributed by atoms with Crippen LogP contribution in [0.1, 0.15) is 11.1 Å². The highest BCUT2D eigenvalue weighted by atomic mass is 19.1. The van der Waals surface area contributed by atoms with Crippen molar-refractivity contribution in [2.75, 3.05) is 11.1 Å². The second kappa shape index (κ2) is 4.45. The Kier molecular flexibility index (Phi) is 3.00. The zero-order chi connectivity index (χ0) is 12.4. The van der Waals surface area contributed by atoms with E-state index in [1.54, 1.807) is 19.1 Å². The normalized spacial score (nSPS) is 10.3. The Bertz CT molecular complexity index is 550. The van der Waals surface area contributed by atoms with Crippen LogP contribution in [-0.2, 0) is 0 Å². The van der Waals surface area contributed by atoms with E-state index in [9.17, 15) is 4.39 Å². The number of hydrogen-bond acceptors (Lipinski definition) is 2. The van der Waals surface area contributed by atoms with Crippen molar-refractivity contribution in [3.8, 4) is 0 Å². The van der Waals surface area contributed by atoms with Crippen LogP contribution < -0.4 is 11.1 Å². The van der Waals surface area contributed by atoms with Crippen LogP contribution in [0.4, 0.5) is 21.5 Å². The Balaban J connectivity index is 2.31. The zero-order valence-corrected chi connectivity index (χ0v) is 9.92. The molecule has 88 valence electrons. The van der Waals surface area contributed by atoms with Crippen LogP contribution in [0.25, 0.3) is 0 Å². The van der Waals surface area contributed by atoms with E-state index in [4.69, 9.17) is 5.73 Å². The molecule has 2 aromatic carbocycles. The quantitative estimate of drug-likeness (QED) is 0.771. The van der Waals surface area contributed by atoms with Crippen molar-refractivity contribution < 1.29 is 4.39 Å². The van der Waals surface area contributed by atoms with Crippen LogP contribution in [0, 0.1) is 19.7 Å². The Labute approximate surface area is 100 Å². The van der Waals surface area contributed by atoms with Crippen LogP contribution in [0.2, 0.25) is 0 Å². The zero-order valence-electron chi connectivity index (χ0n) is 9.92. The van der Waals surface area contributed by atoms with Gasteiger partial charge in [-0.15, -0.1) is 0 Å². The summed E-state index contributed by atoms with van der Waals surface area (Å²) in [5.41, 5.74) is 9.99. The van der Waals surface area contributed by atoms with Gasteiger partial charge in [-0.05, 0) is 55.3 Å². The summed E-state index contributed by atoms with van der Waals surface area (Å²) in [7, 11) is 0.